The number of rotatable bonds is 4. The Bertz CT molecular complexity index is 513. The molecule has 1 N–H and O–H groups in total. The highest BCUT2D eigenvalue weighted by Gasteiger charge is 2.07. The number of benzene rings is 1. The lowest BCUT2D eigenvalue weighted by Gasteiger charge is -2.16. The molecule has 1 heterocycles. The van der Waals surface area contributed by atoms with Crippen LogP contribution in [-0.4, -0.2) is 12.1 Å². The Balaban J connectivity index is 2.11. The number of anilines is 1. The summed E-state index contributed by atoms with van der Waals surface area (Å²) in [6.45, 7) is 2.12. The molecule has 0 bridgehead atoms. The molecule has 0 spiro atoms. The van der Waals surface area contributed by atoms with Gasteiger partial charge in [-0.25, -0.2) is 0 Å². The molecule has 0 aliphatic rings. The van der Waals surface area contributed by atoms with Crippen molar-refractivity contribution in [3.63, 3.8) is 0 Å². The largest absolute Gasteiger partial charge is 0.497 e. The minimum atomic E-state index is 0.217. The van der Waals surface area contributed by atoms with E-state index in [2.05, 4.69) is 45.3 Å². The lowest BCUT2D eigenvalue weighted by atomic mass is 10.1. The maximum atomic E-state index is 5.15. The van der Waals surface area contributed by atoms with E-state index < -0.39 is 0 Å². The van der Waals surface area contributed by atoms with Crippen LogP contribution in [0, 0.1) is 0 Å². The third-order valence-corrected chi connectivity index (χ3v) is 3.39. The summed E-state index contributed by atoms with van der Waals surface area (Å²) in [5, 5.41) is 3.44. The maximum Gasteiger partial charge on any atom is 0.118 e. The molecule has 2 rings (SSSR count). The summed E-state index contributed by atoms with van der Waals surface area (Å²) in [7, 11) is 1.67. The van der Waals surface area contributed by atoms with Gasteiger partial charge in [-0.15, -0.1) is 0 Å². The van der Waals surface area contributed by atoms with Gasteiger partial charge in [0.25, 0.3) is 0 Å². The van der Waals surface area contributed by atoms with E-state index in [0.717, 1.165) is 15.9 Å². The number of hydrogen-bond donors (Lipinski definition) is 1. The third kappa shape index (κ3) is 3.01. The van der Waals surface area contributed by atoms with Crippen molar-refractivity contribution in [3.8, 4) is 5.75 Å². The summed E-state index contributed by atoms with van der Waals surface area (Å²) in [4.78, 5) is 4.04. The number of nitrogens with zero attached hydrogens (tertiary/aromatic N) is 1. The predicted molar refractivity (Wildman–Crippen MR) is 77.0 cm³/mol. The number of aromatic nitrogens is 1. The molecule has 3 nitrogen and oxygen atoms in total. The second-order valence-corrected chi connectivity index (χ2v) is 4.85. The minimum absolute atomic E-state index is 0.217. The minimum Gasteiger partial charge on any atom is -0.497 e. The molecule has 18 heavy (non-hydrogen) atoms. The smallest absolute Gasteiger partial charge is 0.118 e. The van der Waals surface area contributed by atoms with Crippen molar-refractivity contribution in [2.45, 2.75) is 13.0 Å². The van der Waals surface area contributed by atoms with Gasteiger partial charge >= 0.3 is 0 Å². The zero-order valence-electron chi connectivity index (χ0n) is 10.4. The Morgan fingerprint density at radius 1 is 1.22 bits per heavy atom. The molecule has 4 heteroatoms. The molecule has 0 radical (unpaired) electrons. The van der Waals surface area contributed by atoms with Crippen LogP contribution in [0.1, 0.15) is 18.5 Å². The molecular weight excluding hydrogens is 292 g/mol. The summed E-state index contributed by atoms with van der Waals surface area (Å²) in [5.74, 6) is 0.871. The van der Waals surface area contributed by atoms with Crippen molar-refractivity contribution in [1.82, 2.24) is 4.98 Å². The van der Waals surface area contributed by atoms with Gasteiger partial charge < -0.3 is 10.1 Å². The number of halogens is 1. The van der Waals surface area contributed by atoms with E-state index in [0.29, 0.717) is 0 Å². The van der Waals surface area contributed by atoms with Crippen molar-refractivity contribution in [1.29, 1.82) is 0 Å². The molecular formula is C14H15BrN2O. The molecule has 94 valence electrons. The van der Waals surface area contributed by atoms with E-state index in [-0.39, 0.29) is 6.04 Å². The average molecular weight is 307 g/mol. The second kappa shape index (κ2) is 5.87. The lowest BCUT2D eigenvalue weighted by molar-refractivity contribution is 0.414. The number of ether oxygens (including phenoxy) is 1. The molecule has 2 aromatic rings. The van der Waals surface area contributed by atoms with Crippen LogP contribution < -0.4 is 10.1 Å². The third-order valence-electron chi connectivity index (χ3n) is 2.76. The van der Waals surface area contributed by atoms with Crippen LogP contribution in [-0.2, 0) is 0 Å². The maximum absolute atomic E-state index is 5.15. The number of pyridine rings is 1. The van der Waals surface area contributed by atoms with Gasteiger partial charge in [0.05, 0.1) is 17.3 Å². The van der Waals surface area contributed by atoms with Gasteiger partial charge in [-0.3, -0.25) is 4.98 Å². The molecule has 0 aliphatic carbocycles. The fourth-order valence-corrected chi connectivity index (χ4v) is 2.07. The van der Waals surface area contributed by atoms with Gasteiger partial charge in [0.2, 0.25) is 0 Å². The van der Waals surface area contributed by atoms with E-state index in [9.17, 15) is 0 Å². The molecule has 1 aromatic heterocycles. The fourth-order valence-electron chi connectivity index (χ4n) is 1.70. The highest BCUT2D eigenvalue weighted by molar-refractivity contribution is 9.10. The van der Waals surface area contributed by atoms with Crippen molar-refractivity contribution in [2.24, 2.45) is 0 Å². The van der Waals surface area contributed by atoms with E-state index in [4.69, 9.17) is 4.74 Å². The van der Waals surface area contributed by atoms with E-state index >= 15 is 0 Å². The molecule has 0 aliphatic heterocycles. The summed E-state index contributed by atoms with van der Waals surface area (Å²) in [5.41, 5.74) is 2.24. The van der Waals surface area contributed by atoms with E-state index in [1.807, 2.05) is 18.2 Å². The first kappa shape index (κ1) is 12.9. The summed E-state index contributed by atoms with van der Waals surface area (Å²) < 4.78 is 6.11. The van der Waals surface area contributed by atoms with Crippen LogP contribution in [0.15, 0.2) is 47.2 Å². The average Bonchev–Trinajstić information content (AvgIpc) is 2.41. The molecule has 0 saturated carbocycles. The van der Waals surface area contributed by atoms with Crippen molar-refractivity contribution >= 4 is 21.6 Å². The summed E-state index contributed by atoms with van der Waals surface area (Å²) >= 11 is 3.48. The Morgan fingerprint density at radius 2 is 1.94 bits per heavy atom. The topological polar surface area (TPSA) is 34.1 Å². The van der Waals surface area contributed by atoms with E-state index in [1.54, 1.807) is 19.5 Å². The van der Waals surface area contributed by atoms with Gasteiger partial charge in [0.15, 0.2) is 0 Å². The summed E-state index contributed by atoms with van der Waals surface area (Å²) in [6.07, 6.45) is 3.55. The monoisotopic (exact) mass is 306 g/mol. The van der Waals surface area contributed by atoms with Gasteiger partial charge in [0.1, 0.15) is 5.75 Å². The molecule has 1 unspecified atom stereocenters. The van der Waals surface area contributed by atoms with Gasteiger partial charge in [-0.2, -0.15) is 0 Å². The number of hydrogen-bond acceptors (Lipinski definition) is 3. The van der Waals surface area contributed by atoms with Crippen LogP contribution in [0.2, 0.25) is 0 Å². The predicted octanol–water partition coefficient (Wildman–Crippen LogP) is 4.03. The zero-order chi connectivity index (χ0) is 13.0. The zero-order valence-corrected chi connectivity index (χ0v) is 11.9. The van der Waals surface area contributed by atoms with Gasteiger partial charge in [-0.05, 0) is 46.6 Å². The van der Waals surface area contributed by atoms with Crippen LogP contribution in [0.25, 0.3) is 0 Å². The first-order valence-corrected chi connectivity index (χ1v) is 6.50. The quantitative estimate of drug-likeness (QED) is 0.926. The van der Waals surface area contributed by atoms with Crippen LogP contribution >= 0.6 is 15.9 Å². The number of nitrogens with one attached hydrogen (secondary N) is 1. The Morgan fingerprint density at radius 3 is 2.56 bits per heavy atom. The highest BCUT2D eigenvalue weighted by Crippen LogP contribution is 2.26. The molecule has 0 fully saturated rings. The van der Waals surface area contributed by atoms with Gasteiger partial charge in [0, 0.05) is 18.4 Å². The molecule has 0 amide bonds. The molecule has 1 atom stereocenters. The van der Waals surface area contributed by atoms with Crippen molar-refractivity contribution in [2.75, 3.05) is 12.4 Å². The Labute approximate surface area is 115 Å². The fraction of sp³-hybridized carbons (Fsp3) is 0.214. The lowest BCUT2D eigenvalue weighted by Crippen LogP contribution is -2.07. The SMILES string of the molecule is COc1ccc(C(C)Nc2ccncc2Br)cc1. The van der Waals surface area contributed by atoms with Gasteiger partial charge in [-0.1, -0.05) is 12.1 Å². The Hall–Kier alpha value is -1.55. The highest BCUT2D eigenvalue weighted by atomic mass is 79.9. The van der Waals surface area contributed by atoms with Crippen LogP contribution in [0.5, 0.6) is 5.75 Å². The molecule has 0 saturated heterocycles. The number of methoxy groups -OCH3 is 1. The van der Waals surface area contributed by atoms with E-state index in [1.165, 1.54) is 5.56 Å². The second-order valence-electron chi connectivity index (χ2n) is 3.99. The van der Waals surface area contributed by atoms with Crippen LogP contribution in [0.4, 0.5) is 5.69 Å². The normalized spacial score (nSPS) is 11.9. The standard InChI is InChI=1S/C14H15BrN2O/c1-10(11-3-5-12(18-2)6-4-11)17-14-7-8-16-9-13(14)15/h3-10H,1-2H3,(H,16,17). The van der Waals surface area contributed by atoms with Crippen molar-refractivity contribution in [3.05, 3.63) is 52.8 Å². The molecule has 1 aromatic carbocycles. The Kier molecular flexibility index (Phi) is 4.20. The first-order valence-electron chi connectivity index (χ1n) is 5.70. The van der Waals surface area contributed by atoms with Crippen LogP contribution in [0.3, 0.4) is 0 Å². The van der Waals surface area contributed by atoms with Crippen molar-refractivity contribution < 1.29 is 4.74 Å². The first-order chi connectivity index (χ1) is 8.70. The summed E-state index contributed by atoms with van der Waals surface area (Å²) in [6, 6.07) is 10.2.